The Hall–Kier alpha value is -1.65. The summed E-state index contributed by atoms with van der Waals surface area (Å²) in [6, 6.07) is 15.5. The molecule has 0 saturated carbocycles. The van der Waals surface area contributed by atoms with E-state index in [4.69, 9.17) is 5.73 Å². The van der Waals surface area contributed by atoms with E-state index >= 15 is 0 Å². The van der Waals surface area contributed by atoms with Crippen LogP contribution in [0.25, 0.3) is 0 Å². The number of hydrogen-bond acceptors (Lipinski definition) is 2. The summed E-state index contributed by atoms with van der Waals surface area (Å²) < 4.78 is 1.06. The number of amides is 1. The smallest absolute Gasteiger partial charge is 0.249 e. The molecule has 0 spiro atoms. The van der Waals surface area contributed by atoms with Crippen LogP contribution < -0.4 is 11.1 Å². The second-order valence-electron chi connectivity index (χ2n) is 4.25. The zero-order valence-electron chi connectivity index (χ0n) is 10.4. The molecule has 0 unspecified atom stereocenters. The number of hydrogen-bond donors (Lipinski definition) is 2. The van der Waals surface area contributed by atoms with Gasteiger partial charge in [-0.15, -0.1) is 0 Å². The van der Waals surface area contributed by atoms with Crippen LogP contribution in [0.3, 0.4) is 0 Å². The standard InChI is InChI=1S/C15H15BrN2O/c16-13-6-3-4-11(8-13)9-18-10-12-5-1-2-7-14(12)15(17)19/h1-8,18H,9-10H2,(H2,17,19). The highest BCUT2D eigenvalue weighted by atomic mass is 79.9. The van der Waals surface area contributed by atoms with Gasteiger partial charge in [-0.3, -0.25) is 4.79 Å². The lowest BCUT2D eigenvalue weighted by atomic mass is 10.1. The maximum atomic E-state index is 11.3. The highest BCUT2D eigenvalue weighted by Gasteiger charge is 2.06. The maximum Gasteiger partial charge on any atom is 0.249 e. The fourth-order valence-corrected chi connectivity index (χ4v) is 2.35. The molecule has 0 aromatic heterocycles. The second kappa shape index (κ2) is 6.50. The minimum atomic E-state index is -0.389. The summed E-state index contributed by atoms with van der Waals surface area (Å²) in [4.78, 5) is 11.3. The van der Waals surface area contributed by atoms with Gasteiger partial charge in [0.05, 0.1) is 0 Å². The summed E-state index contributed by atoms with van der Waals surface area (Å²) in [5.41, 5.74) is 8.03. The van der Waals surface area contributed by atoms with E-state index in [1.165, 1.54) is 5.56 Å². The third-order valence-corrected chi connectivity index (χ3v) is 3.31. The molecular formula is C15H15BrN2O. The largest absolute Gasteiger partial charge is 0.366 e. The SMILES string of the molecule is NC(=O)c1ccccc1CNCc1cccc(Br)c1. The van der Waals surface area contributed by atoms with Crippen molar-refractivity contribution in [2.45, 2.75) is 13.1 Å². The van der Waals surface area contributed by atoms with Crippen molar-refractivity contribution >= 4 is 21.8 Å². The van der Waals surface area contributed by atoms with Crippen molar-refractivity contribution in [3.63, 3.8) is 0 Å². The quantitative estimate of drug-likeness (QED) is 0.890. The summed E-state index contributed by atoms with van der Waals surface area (Å²) in [7, 11) is 0. The number of halogens is 1. The number of carbonyl (C=O) groups is 1. The highest BCUT2D eigenvalue weighted by molar-refractivity contribution is 9.10. The normalized spacial score (nSPS) is 10.4. The number of benzene rings is 2. The summed E-state index contributed by atoms with van der Waals surface area (Å²) in [6.07, 6.45) is 0. The fourth-order valence-electron chi connectivity index (χ4n) is 1.90. The first kappa shape index (κ1) is 13.8. The number of primary amides is 1. The number of nitrogens with one attached hydrogen (secondary N) is 1. The van der Waals surface area contributed by atoms with Gasteiger partial charge in [0, 0.05) is 23.1 Å². The molecule has 0 bridgehead atoms. The van der Waals surface area contributed by atoms with Gasteiger partial charge >= 0.3 is 0 Å². The van der Waals surface area contributed by atoms with Crippen molar-refractivity contribution in [1.82, 2.24) is 5.32 Å². The monoisotopic (exact) mass is 318 g/mol. The molecule has 3 N–H and O–H groups in total. The number of nitrogens with two attached hydrogens (primary N) is 1. The molecule has 0 atom stereocenters. The van der Waals surface area contributed by atoms with Gasteiger partial charge < -0.3 is 11.1 Å². The molecule has 2 rings (SSSR count). The molecule has 19 heavy (non-hydrogen) atoms. The van der Waals surface area contributed by atoms with E-state index in [2.05, 4.69) is 33.4 Å². The van der Waals surface area contributed by atoms with Crippen LogP contribution in [0.4, 0.5) is 0 Å². The van der Waals surface area contributed by atoms with Crippen LogP contribution in [0.1, 0.15) is 21.5 Å². The Labute approximate surface area is 121 Å². The Morgan fingerprint density at radius 2 is 1.89 bits per heavy atom. The van der Waals surface area contributed by atoms with Crippen LogP contribution in [0.2, 0.25) is 0 Å². The Morgan fingerprint density at radius 3 is 2.63 bits per heavy atom. The van der Waals surface area contributed by atoms with Crippen LogP contribution >= 0.6 is 15.9 Å². The van der Waals surface area contributed by atoms with E-state index in [1.807, 2.05) is 30.3 Å². The van der Waals surface area contributed by atoms with Crippen LogP contribution in [0.5, 0.6) is 0 Å². The van der Waals surface area contributed by atoms with Crippen molar-refractivity contribution in [2.24, 2.45) is 5.73 Å². The lowest BCUT2D eigenvalue weighted by Crippen LogP contribution is -2.18. The van der Waals surface area contributed by atoms with Crippen LogP contribution in [0, 0.1) is 0 Å². The van der Waals surface area contributed by atoms with Crippen molar-refractivity contribution in [1.29, 1.82) is 0 Å². The second-order valence-corrected chi connectivity index (χ2v) is 5.17. The molecule has 2 aromatic rings. The Kier molecular flexibility index (Phi) is 4.71. The molecule has 0 fully saturated rings. The van der Waals surface area contributed by atoms with Gasteiger partial charge in [0.15, 0.2) is 0 Å². The van der Waals surface area contributed by atoms with Gasteiger partial charge in [-0.05, 0) is 29.3 Å². The first-order chi connectivity index (χ1) is 9.16. The van der Waals surface area contributed by atoms with E-state index in [9.17, 15) is 4.79 Å². The van der Waals surface area contributed by atoms with Gasteiger partial charge in [0.25, 0.3) is 0 Å². The molecule has 0 aliphatic heterocycles. The number of carbonyl (C=O) groups excluding carboxylic acids is 1. The summed E-state index contributed by atoms with van der Waals surface area (Å²) >= 11 is 3.44. The first-order valence-electron chi connectivity index (χ1n) is 5.99. The third-order valence-electron chi connectivity index (χ3n) is 2.82. The molecule has 3 nitrogen and oxygen atoms in total. The van der Waals surface area contributed by atoms with Gasteiger partial charge in [0.2, 0.25) is 5.91 Å². The van der Waals surface area contributed by atoms with Crippen molar-refractivity contribution in [3.8, 4) is 0 Å². The lowest BCUT2D eigenvalue weighted by molar-refractivity contribution is 0.0999. The molecule has 0 aliphatic carbocycles. The molecule has 2 aromatic carbocycles. The van der Waals surface area contributed by atoms with Crippen molar-refractivity contribution in [3.05, 3.63) is 69.7 Å². The fraction of sp³-hybridized carbons (Fsp3) is 0.133. The highest BCUT2D eigenvalue weighted by Crippen LogP contribution is 2.12. The van der Waals surface area contributed by atoms with Crippen LogP contribution in [-0.4, -0.2) is 5.91 Å². The van der Waals surface area contributed by atoms with E-state index in [-0.39, 0.29) is 5.91 Å². The molecular weight excluding hydrogens is 304 g/mol. The Balaban J connectivity index is 1.98. The zero-order valence-corrected chi connectivity index (χ0v) is 12.0. The molecule has 4 heteroatoms. The van der Waals surface area contributed by atoms with Crippen molar-refractivity contribution in [2.75, 3.05) is 0 Å². The zero-order chi connectivity index (χ0) is 13.7. The summed E-state index contributed by atoms with van der Waals surface area (Å²) in [6.45, 7) is 1.36. The van der Waals surface area contributed by atoms with Gasteiger partial charge in [-0.1, -0.05) is 46.3 Å². The molecule has 98 valence electrons. The lowest BCUT2D eigenvalue weighted by Gasteiger charge is -2.08. The summed E-state index contributed by atoms with van der Waals surface area (Å²) in [5, 5.41) is 3.31. The average molecular weight is 319 g/mol. The van der Waals surface area contributed by atoms with Crippen LogP contribution in [0.15, 0.2) is 53.0 Å². The molecule has 1 amide bonds. The van der Waals surface area contributed by atoms with Gasteiger partial charge in [-0.2, -0.15) is 0 Å². The topological polar surface area (TPSA) is 55.1 Å². The molecule has 0 saturated heterocycles. The Bertz CT molecular complexity index is 584. The first-order valence-corrected chi connectivity index (χ1v) is 6.79. The average Bonchev–Trinajstić information content (AvgIpc) is 2.39. The van der Waals surface area contributed by atoms with E-state index < -0.39 is 0 Å². The van der Waals surface area contributed by atoms with Gasteiger partial charge in [0.1, 0.15) is 0 Å². The third kappa shape index (κ3) is 3.91. The predicted octanol–water partition coefficient (Wildman–Crippen LogP) is 2.84. The minimum absolute atomic E-state index is 0.389. The van der Waals surface area contributed by atoms with E-state index in [0.29, 0.717) is 12.1 Å². The van der Waals surface area contributed by atoms with Crippen molar-refractivity contribution < 1.29 is 4.79 Å². The van der Waals surface area contributed by atoms with Crippen LogP contribution in [-0.2, 0) is 13.1 Å². The molecule has 0 radical (unpaired) electrons. The summed E-state index contributed by atoms with van der Waals surface area (Å²) in [5.74, 6) is -0.389. The van der Waals surface area contributed by atoms with E-state index in [1.54, 1.807) is 6.07 Å². The predicted molar refractivity (Wildman–Crippen MR) is 79.6 cm³/mol. The number of rotatable bonds is 5. The maximum absolute atomic E-state index is 11.3. The van der Waals surface area contributed by atoms with Gasteiger partial charge in [-0.25, -0.2) is 0 Å². The molecule has 0 heterocycles. The Morgan fingerprint density at radius 1 is 1.11 bits per heavy atom. The molecule has 0 aliphatic rings. The van der Waals surface area contributed by atoms with E-state index in [0.717, 1.165) is 16.6 Å². The minimum Gasteiger partial charge on any atom is -0.366 e.